The lowest BCUT2D eigenvalue weighted by molar-refractivity contribution is 0.575. The average Bonchev–Trinajstić information content (AvgIpc) is 3.85. The predicted molar refractivity (Wildman–Crippen MR) is 261 cm³/mol. The molecule has 0 amide bonds. The molecule has 0 N–H and O–H groups in total. The van der Waals surface area contributed by atoms with Gasteiger partial charge in [-0.2, -0.15) is 0 Å². The van der Waals surface area contributed by atoms with Gasteiger partial charge in [-0.05, 0) is 71.0 Å². The fraction of sp³-hybridized carbons (Fsp3) is 0.224. The molecular formula is C49H54O2P4S2. The quantitative estimate of drug-likeness (QED) is 0.129. The Morgan fingerprint density at radius 3 is 1.32 bits per heavy atom. The summed E-state index contributed by atoms with van der Waals surface area (Å²) < 4.78 is 26.4. The van der Waals surface area contributed by atoms with Gasteiger partial charge in [-0.25, -0.2) is 0 Å². The van der Waals surface area contributed by atoms with E-state index in [4.69, 9.17) is 23.6 Å². The van der Waals surface area contributed by atoms with Crippen molar-refractivity contribution in [1.82, 2.24) is 0 Å². The van der Waals surface area contributed by atoms with Gasteiger partial charge in [0, 0.05) is 40.7 Å². The Morgan fingerprint density at radius 2 is 0.930 bits per heavy atom. The van der Waals surface area contributed by atoms with E-state index in [-0.39, 0.29) is 5.66 Å². The highest BCUT2D eigenvalue weighted by Gasteiger charge is 2.40. The van der Waals surface area contributed by atoms with Crippen molar-refractivity contribution in [3.8, 4) is 0 Å². The van der Waals surface area contributed by atoms with Crippen LogP contribution in [0.4, 0.5) is 0 Å². The molecule has 0 bridgehead atoms. The minimum absolute atomic E-state index is 0.268. The van der Waals surface area contributed by atoms with Gasteiger partial charge in [0.15, 0.2) is 0 Å². The molecule has 2 aliphatic heterocycles. The van der Waals surface area contributed by atoms with E-state index >= 15 is 0 Å². The van der Waals surface area contributed by atoms with Crippen LogP contribution in [0.15, 0.2) is 194 Å². The summed E-state index contributed by atoms with van der Waals surface area (Å²) in [5.41, 5.74) is 0.268. The zero-order valence-electron chi connectivity index (χ0n) is 32.9. The normalized spacial score (nSPS) is 20.4. The van der Waals surface area contributed by atoms with E-state index in [0.717, 1.165) is 72.7 Å². The Kier molecular flexibility index (Phi) is 15.4. The van der Waals surface area contributed by atoms with Crippen LogP contribution >= 0.6 is 26.4 Å². The van der Waals surface area contributed by atoms with Crippen LogP contribution in [0.25, 0.3) is 0 Å². The number of rotatable bonds is 10. The first kappa shape index (κ1) is 43.4. The zero-order chi connectivity index (χ0) is 40.2. The molecule has 2 saturated heterocycles. The Bertz CT molecular complexity index is 2290. The predicted octanol–water partition coefficient (Wildman–Crippen LogP) is 11.5. The average molecular weight is 863 g/mol. The summed E-state index contributed by atoms with van der Waals surface area (Å²) in [6, 6.07) is 58.7. The summed E-state index contributed by atoms with van der Waals surface area (Å²) in [6.07, 6.45) is 8.69. The van der Waals surface area contributed by atoms with Crippen LogP contribution in [0.3, 0.4) is 0 Å². The van der Waals surface area contributed by atoms with Crippen molar-refractivity contribution in [2.75, 3.05) is 24.6 Å². The first-order valence-electron chi connectivity index (χ1n) is 20.0. The molecule has 3 atom stereocenters. The molecule has 57 heavy (non-hydrogen) atoms. The third-order valence-electron chi connectivity index (χ3n) is 11.3. The molecule has 0 aliphatic carbocycles. The largest absolute Gasteiger partial charge is 0.318 e. The first-order valence-corrected chi connectivity index (χ1v) is 29.8. The molecule has 8 heteroatoms. The van der Waals surface area contributed by atoms with Crippen molar-refractivity contribution < 1.29 is 9.13 Å². The van der Waals surface area contributed by atoms with Crippen molar-refractivity contribution in [2.24, 2.45) is 0 Å². The molecule has 2 fully saturated rings. The summed E-state index contributed by atoms with van der Waals surface area (Å²) in [4.78, 5) is 0. The van der Waals surface area contributed by atoms with Gasteiger partial charge < -0.3 is 9.13 Å². The molecule has 2 heterocycles. The molecule has 0 aromatic heterocycles. The maximum Gasteiger partial charge on any atom is 0.138 e. The Balaban J connectivity index is 0.000000160. The first-order chi connectivity index (χ1) is 27.6. The van der Waals surface area contributed by atoms with Gasteiger partial charge in [0.2, 0.25) is 0 Å². The fourth-order valence-corrected chi connectivity index (χ4v) is 21.4. The van der Waals surface area contributed by atoms with Crippen LogP contribution in [-0.2, 0) is 32.7 Å². The lowest BCUT2D eigenvalue weighted by Crippen LogP contribution is -2.21. The Hall–Kier alpha value is -3.18. The van der Waals surface area contributed by atoms with Crippen LogP contribution in [0.5, 0.6) is 0 Å². The molecule has 0 unspecified atom stereocenters. The van der Waals surface area contributed by atoms with Gasteiger partial charge in [-0.1, -0.05) is 219 Å². The van der Waals surface area contributed by atoms with E-state index in [9.17, 15) is 9.13 Å². The molecule has 294 valence electrons. The van der Waals surface area contributed by atoms with Crippen molar-refractivity contribution in [3.05, 3.63) is 194 Å². The lowest BCUT2D eigenvalue weighted by Gasteiger charge is -2.27. The summed E-state index contributed by atoms with van der Waals surface area (Å²) in [7, 11) is -4.54. The zero-order valence-corrected chi connectivity index (χ0v) is 38.1. The summed E-state index contributed by atoms with van der Waals surface area (Å²) in [6.45, 7) is 6.12. The lowest BCUT2D eigenvalue weighted by atomic mass is 10.2. The van der Waals surface area contributed by atoms with E-state index in [0.29, 0.717) is 0 Å². The maximum atomic E-state index is 13.9. The summed E-state index contributed by atoms with van der Waals surface area (Å²) in [5.74, 6) is 0. The molecule has 2 nitrogen and oxygen atoms in total. The highest BCUT2D eigenvalue weighted by atomic mass is 32.4. The summed E-state index contributed by atoms with van der Waals surface area (Å²) in [5, 5.41) is 8.17. The van der Waals surface area contributed by atoms with Gasteiger partial charge in [-0.3, -0.25) is 0 Å². The monoisotopic (exact) mass is 862 g/mol. The van der Waals surface area contributed by atoms with Crippen LogP contribution in [0, 0.1) is 0 Å². The van der Waals surface area contributed by atoms with Crippen LogP contribution < -0.4 is 31.8 Å². The van der Waals surface area contributed by atoms with E-state index in [1.165, 1.54) is 21.2 Å². The van der Waals surface area contributed by atoms with E-state index < -0.39 is 26.4 Å². The molecule has 0 saturated carbocycles. The molecular weight excluding hydrogens is 809 g/mol. The molecule has 2 aliphatic rings. The van der Waals surface area contributed by atoms with Gasteiger partial charge in [0.05, 0.1) is 0 Å². The van der Waals surface area contributed by atoms with Gasteiger partial charge in [0.25, 0.3) is 0 Å². The number of benzene rings is 6. The van der Waals surface area contributed by atoms with Crippen LogP contribution in [-0.4, -0.2) is 30.3 Å². The third kappa shape index (κ3) is 10.2. The highest BCUT2D eigenvalue weighted by molar-refractivity contribution is 8.22. The number of allylic oxidation sites excluding steroid dienone is 1. The SMILES string of the molecule is C=C1CCC[P@]1(=O)c1ccccc1.CCP(=S)(c1ccccc1)c1ccccc1.O=[P@]1(c2ccccc2)CCC[C@H]1CCP(=S)(c1ccccc1)c1ccccc1. The standard InChI is InChI=1S/C24H26OP2S.C14H15PS.C11H13OP/c25-26(21-11-4-1-5-12-21)19-10-17-22(26)18-20-27(28,23-13-6-2-7-14-23)24-15-8-3-9-16-24;1-2-15(16,13-9-5-3-6-10-13)14-11-7-4-8-12-14;1-10-6-5-9-13(10,12)11-7-3-2-4-8-11/h1-9,11-16,22H,10,17-20H2;3-12H,2H2,1H3;2-4,7-8H,1,5-6,9H2/t22-,26-;;13-/m0.1/s1. The van der Waals surface area contributed by atoms with Crippen molar-refractivity contribution >= 4 is 81.8 Å². The second-order valence-corrected chi connectivity index (χ2v) is 31.0. The molecule has 6 aromatic rings. The van der Waals surface area contributed by atoms with E-state index in [2.05, 4.69) is 135 Å². The summed E-state index contributed by atoms with van der Waals surface area (Å²) >= 11 is 12.3. The third-order valence-corrected chi connectivity index (χ3v) is 28.7. The molecule has 8 rings (SSSR count). The van der Waals surface area contributed by atoms with E-state index in [1.54, 1.807) is 0 Å². The second kappa shape index (κ2) is 20.2. The Morgan fingerprint density at radius 1 is 0.544 bits per heavy atom. The second-order valence-electron chi connectivity index (χ2n) is 14.8. The fourth-order valence-electron chi connectivity index (χ4n) is 8.08. The maximum absolute atomic E-state index is 13.9. The smallest absolute Gasteiger partial charge is 0.138 e. The minimum atomic E-state index is -2.33. The van der Waals surface area contributed by atoms with Crippen molar-refractivity contribution in [3.63, 3.8) is 0 Å². The van der Waals surface area contributed by atoms with Gasteiger partial charge in [-0.15, -0.1) is 0 Å². The minimum Gasteiger partial charge on any atom is -0.318 e. The van der Waals surface area contributed by atoms with Crippen molar-refractivity contribution in [1.29, 1.82) is 0 Å². The highest BCUT2D eigenvalue weighted by Crippen LogP contribution is 2.60. The Labute approximate surface area is 352 Å². The van der Waals surface area contributed by atoms with Gasteiger partial charge >= 0.3 is 0 Å². The molecule has 0 radical (unpaired) electrons. The van der Waals surface area contributed by atoms with Crippen LogP contribution in [0.2, 0.25) is 0 Å². The van der Waals surface area contributed by atoms with Gasteiger partial charge in [0.1, 0.15) is 14.3 Å². The number of hydrogen-bond donors (Lipinski definition) is 0. The van der Waals surface area contributed by atoms with E-state index in [1.807, 2.05) is 60.7 Å². The molecule has 6 aromatic carbocycles. The molecule has 0 spiro atoms. The van der Waals surface area contributed by atoms with Crippen molar-refractivity contribution in [2.45, 2.75) is 44.7 Å². The van der Waals surface area contributed by atoms with Crippen LogP contribution in [0.1, 0.15) is 39.0 Å². The number of hydrogen-bond acceptors (Lipinski definition) is 4. The topological polar surface area (TPSA) is 34.1 Å².